The SMILES string of the molecule is CC(=O)c1cccc(NC(=O)c2ncc(Cl)c(Cl)c2Cl)c1. The van der Waals surface area contributed by atoms with E-state index in [0.717, 1.165) is 0 Å². The van der Waals surface area contributed by atoms with Crippen LogP contribution >= 0.6 is 34.8 Å². The average molecular weight is 344 g/mol. The van der Waals surface area contributed by atoms with E-state index >= 15 is 0 Å². The molecule has 2 aromatic rings. The Labute approximate surface area is 136 Å². The van der Waals surface area contributed by atoms with Gasteiger partial charge in [0.1, 0.15) is 5.69 Å². The Kier molecular flexibility index (Phi) is 4.83. The Hall–Kier alpha value is -1.62. The van der Waals surface area contributed by atoms with Crippen LogP contribution in [0.25, 0.3) is 0 Å². The second kappa shape index (κ2) is 6.43. The van der Waals surface area contributed by atoms with Gasteiger partial charge in [-0.25, -0.2) is 4.98 Å². The van der Waals surface area contributed by atoms with Gasteiger partial charge in [0.25, 0.3) is 5.91 Å². The lowest BCUT2D eigenvalue weighted by Crippen LogP contribution is -2.14. The minimum absolute atomic E-state index is 0.0237. The number of anilines is 1. The van der Waals surface area contributed by atoms with Crippen LogP contribution in [0.2, 0.25) is 15.1 Å². The second-order valence-electron chi connectivity index (χ2n) is 4.17. The zero-order chi connectivity index (χ0) is 15.6. The molecule has 2 rings (SSSR count). The third-order valence-electron chi connectivity index (χ3n) is 2.66. The molecule has 0 radical (unpaired) electrons. The van der Waals surface area contributed by atoms with E-state index in [4.69, 9.17) is 34.8 Å². The van der Waals surface area contributed by atoms with Crippen molar-refractivity contribution in [3.63, 3.8) is 0 Å². The molecular weight excluding hydrogens is 335 g/mol. The number of carbonyl (C=O) groups excluding carboxylic acids is 2. The summed E-state index contributed by atoms with van der Waals surface area (Å²) < 4.78 is 0. The summed E-state index contributed by atoms with van der Waals surface area (Å²) in [5, 5.41) is 2.81. The van der Waals surface area contributed by atoms with Crippen molar-refractivity contribution in [2.75, 3.05) is 5.32 Å². The van der Waals surface area contributed by atoms with Gasteiger partial charge in [0.2, 0.25) is 0 Å². The highest BCUT2D eigenvalue weighted by Crippen LogP contribution is 2.31. The van der Waals surface area contributed by atoms with Gasteiger partial charge in [0.15, 0.2) is 5.78 Å². The summed E-state index contributed by atoms with van der Waals surface area (Å²) in [6.45, 7) is 1.44. The largest absolute Gasteiger partial charge is 0.321 e. The molecule has 0 aliphatic carbocycles. The number of ketones is 1. The molecule has 1 amide bonds. The third kappa shape index (κ3) is 3.53. The summed E-state index contributed by atoms with van der Waals surface area (Å²) >= 11 is 17.6. The third-order valence-corrected chi connectivity index (χ3v) is 3.90. The molecule has 0 bridgehead atoms. The smallest absolute Gasteiger partial charge is 0.275 e. The average Bonchev–Trinajstić information content (AvgIpc) is 2.45. The first-order chi connectivity index (χ1) is 9.90. The van der Waals surface area contributed by atoms with E-state index < -0.39 is 5.91 Å². The topological polar surface area (TPSA) is 59.1 Å². The lowest BCUT2D eigenvalue weighted by molar-refractivity contribution is 0.100. The first-order valence-electron chi connectivity index (χ1n) is 5.82. The molecule has 0 saturated heterocycles. The van der Waals surface area contributed by atoms with Gasteiger partial charge in [-0.05, 0) is 19.1 Å². The Bertz CT molecular complexity index is 732. The molecule has 1 aromatic heterocycles. The molecule has 1 N–H and O–H groups in total. The summed E-state index contributed by atoms with van der Waals surface area (Å²) in [6.07, 6.45) is 1.25. The van der Waals surface area contributed by atoms with E-state index in [0.29, 0.717) is 11.3 Å². The lowest BCUT2D eigenvalue weighted by atomic mass is 10.1. The van der Waals surface area contributed by atoms with E-state index in [1.165, 1.54) is 13.1 Å². The maximum atomic E-state index is 12.1. The Morgan fingerprint density at radius 2 is 1.86 bits per heavy atom. The summed E-state index contributed by atoms with van der Waals surface area (Å²) in [5.41, 5.74) is 0.900. The minimum Gasteiger partial charge on any atom is -0.321 e. The van der Waals surface area contributed by atoms with E-state index in [2.05, 4.69) is 10.3 Å². The lowest BCUT2D eigenvalue weighted by Gasteiger charge is -2.08. The van der Waals surface area contributed by atoms with E-state index in [9.17, 15) is 9.59 Å². The van der Waals surface area contributed by atoms with Gasteiger partial charge in [-0.15, -0.1) is 0 Å². The number of hydrogen-bond donors (Lipinski definition) is 1. The highest BCUT2D eigenvalue weighted by molar-refractivity contribution is 6.49. The minimum atomic E-state index is -0.542. The predicted molar refractivity (Wildman–Crippen MR) is 83.7 cm³/mol. The van der Waals surface area contributed by atoms with Crippen molar-refractivity contribution in [3.8, 4) is 0 Å². The Morgan fingerprint density at radius 3 is 2.52 bits per heavy atom. The quantitative estimate of drug-likeness (QED) is 0.835. The maximum Gasteiger partial charge on any atom is 0.275 e. The standard InChI is InChI=1S/C14H9Cl3N2O2/c1-7(20)8-3-2-4-9(5-8)19-14(21)13-12(17)11(16)10(15)6-18-13/h2-6H,1H3,(H,19,21). The van der Waals surface area contributed by atoms with Crippen molar-refractivity contribution >= 4 is 52.2 Å². The van der Waals surface area contributed by atoms with Crippen molar-refractivity contribution in [3.05, 3.63) is 56.8 Å². The zero-order valence-corrected chi connectivity index (χ0v) is 13.1. The van der Waals surface area contributed by atoms with Gasteiger partial charge in [-0.2, -0.15) is 0 Å². The molecule has 0 fully saturated rings. The van der Waals surface area contributed by atoms with Gasteiger partial charge in [-0.3, -0.25) is 9.59 Å². The van der Waals surface area contributed by atoms with Crippen LogP contribution in [-0.2, 0) is 0 Å². The van der Waals surface area contributed by atoms with Crippen LogP contribution in [0, 0.1) is 0 Å². The normalized spacial score (nSPS) is 10.3. The highest BCUT2D eigenvalue weighted by atomic mass is 35.5. The van der Waals surface area contributed by atoms with Crippen LogP contribution in [0.3, 0.4) is 0 Å². The van der Waals surface area contributed by atoms with E-state index in [1.807, 2.05) is 0 Å². The molecule has 21 heavy (non-hydrogen) atoms. The number of rotatable bonds is 3. The van der Waals surface area contributed by atoms with Gasteiger partial charge < -0.3 is 5.32 Å². The summed E-state index contributed by atoms with van der Waals surface area (Å²) in [6, 6.07) is 6.53. The van der Waals surface area contributed by atoms with E-state index in [-0.39, 0.29) is 26.5 Å². The van der Waals surface area contributed by atoms with Crippen LogP contribution in [0.5, 0.6) is 0 Å². The van der Waals surface area contributed by atoms with Crippen LogP contribution < -0.4 is 5.32 Å². The number of carbonyl (C=O) groups is 2. The number of amides is 1. The Morgan fingerprint density at radius 1 is 1.14 bits per heavy atom. The van der Waals surface area contributed by atoms with Crippen molar-refractivity contribution < 1.29 is 9.59 Å². The van der Waals surface area contributed by atoms with Gasteiger partial charge >= 0.3 is 0 Å². The number of nitrogens with one attached hydrogen (secondary N) is 1. The molecular formula is C14H9Cl3N2O2. The Balaban J connectivity index is 2.28. The van der Waals surface area contributed by atoms with Crippen molar-refractivity contribution in [2.45, 2.75) is 6.92 Å². The molecule has 0 aliphatic rings. The van der Waals surface area contributed by atoms with Gasteiger partial charge in [-0.1, -0.05) is 46.9 Å². The fourth-order valence-electron chi connectivity index (χ4n) is 1.61. The maximum absolute atomic E-state index is 12.1. The molecule has 4 nitrogen and oxygen atoms in total. The molecule has 0 unspecified atom stereocenters. The molecule has 0 spiro atoms. The number of halogens is 3. The van der Waals surface area contributed by atoms with Crippen LogP contribution in [-0.4, -0.2) is 16.7 Å². The molecule has 108 valence electrons. The van der Waals surface area contributed by atoms with Crippen molar-refractivity contribution in [1.29, 1.82) is 0 Å². The molecule has 0 aliphatic heterocycles. The van der Waals surface area contributed by atoms with Gasteiger partial charge in [0, 0.05) is 17.4 Å². The number of aromatic nitrogens is 1. The second-order valence-corrected chi connectivity index (χ2v) is 5.34. The van der Waals surface area contributed by atoms with E-state index in [1.54, 1.807) is 24.3 Å². The molecule has 0 atom stereocenters. The molecule has 7 heteroatoms. The first-order valence-corrected chi connectivity index (χ1v) is 6.95. The van der Waals surface area contributed by atoms with Crippen LogP contribution in [0.1, 0.15) is 27.8 Å². The highest BCUT2D eigenvalue weighted by Gasteiger charge is 2.17. The van der Waals surface area contributed by atoms with Crippen LogP contribution in [0.15, 0.2) is 30.5 Å². The number of Topliss-reactive ketones (excluding diaryl/α,β-unsaturated/α-hetero) is 1. The summed E-state index contributed by atoms with van der Waals surface area (Å²) in [4.78, 5) is 27.3. The first kappa shape index (κ1) is 15.8. The fraction of sp³-hybridized carbons (Fsp3) is 0.0714. The molecule has 1 heterocycles. The zero-order valence-electron chi connectivity index (χ0n) is 10.8. The van der Waals surface area contributed by atoms with Crippen molar-refractivity contribution in [1.82, 2.24) is 4.98 Å². The number of benzene rings is 1. The summed E-state index contributed by atoms with van der Waals surface area (Å²) in [5.74, 6) is -0.643. The number of pyridine rings is 1. The predicted octanol–water partition coefficient (Wildman–Crippen LogP) is 4.50. The molecule has 0 saturated carbocycles. The number of hydrogen-bond acceptors (Lipinski definition) is 3. The van der Waals surface area contributed by atoms with Crippen molar-refractivity contribution in [2.24, 2.45) is 0 Å². The van der Waals surface area contributed by atoms with Gasteiger partial charge in [0.05, 0.1) is 15.1 Å². The molecule has 1 aromatic carbocycles. The fourth-order valence-corrected chi connectivity index (χ4v) is 2.17. The monoisotopic (exact) mass is 342 g/mol. The van der Waals surface area contributed by atoms with Crippen LogP contribution in [0.4, 0.5) is 5.69 Å². The number of nitrogens with zero attached hydrogens (tertiary/aromatic N) is 1. The summed E-state index contributed by atoms with van der Waals surface area (Å²) in [7, 11) is 0.